The molecule has 1 heterocycles. The third kappa shape index (κ3) is 3.32. The molecule has 0 spiro atoms. The third-order valence-corrected chi connectivity index (χ3v) is 3.50. The van der Waals surface area contributed by atoms with Crippen LogP contribution in [-0.4, -0.2) is 19.1 Å². The molecule has 0 bridgehead atoms. The second-order valence-electron chi connectivity index (χ2n) is 4.25. The molecule has 1 aliphatic rings. The Bertz CT molecular complexity index is 163. The summed E-state index contributed by atoms with van der Waals surface area (Å²) in [5, 5.41) is 0. The van der Waals surface area contributed by atoms with Gasteiger partial charge in [0.05, 0.1) is 0 Å². The summed E-state index contributed by atoms with van der Waals surface area (Å²) in [5.41, 5.74) is 0.115. The zero-order valence-corrected chi connectivity index (χ0v) is 9.15. The van der Waals surface area contributed by atoms with E-state index in [9.17, 15) is 0 Å². The van der Waals surface area contributed by atoms with E-state index in [-0.39, 0.29) is 5.41 Å². The van der Waals surface area contributed by atoms with Crippen molar-refractivity contribution in [2.24, 2.45) is 11.3 Å². The molecule has 1 saturated heterocycles. The molecule has 0 radical (unpaired) electrons. The molecule has 1 aliphatic heterocycles. The zero-order chi connectivity index (χ0) is 9.73. The fourth-order valence-corrected chi connectivity index (χ4v) is 2.02. The Morgan fingerprint density at radius 2 is 2.15 bits per heavy atom. The van der Waals surface area contributed by atoms with E-state index in [0.29, 0.717) is 5.88 Å². The normalized spacial score (nSPS) is 23.8. The highest BCUT2D eigenvalue weighted by atomic mass is 35.5. The second kappa shape index (κ2) is 5.02. The van der Waals surface area contributed by atoms with Gasteiger partial charge < -0.3 is 4.74 Å². The average molecular weight is 203 g/mol. The van der Waals surface area contributed by atoms with Crippen LogP contribution in [0.2, 0.25) is 0 Å². The highest BCUT2D eigenvalue weighted by Gasteiger charge is 2.25. The molecule has 1 atom stereocenters. The van der Waals surface area contributed by atoms with E-state index in [4.69, 9.17) is 16.3 Å². The van der Waals surface area contributed by atoms with Gasteiger partial charge in [0.2, 0.25) is 0 Å². The lowest BCUT2D eigenvalue weighted by Crippen LogP contribution is -2.24. The van der Waals surface area contributed by atoms with Crippen molar-refractivity contribution < 1.29 is 4.74 Å². The van der Waals surface area contributed by atoms with Crippen LogP contribution in [0.4, 0.5) is 0 Å². The predicted octanol–water partition coefficient (Wildman–Crippen LogP) is 3.23. The minimum atomic E-state index is 0.115. The second-order valence-corrected chi connectivity index (χ2v) is 4.52. The molecular formula is C11H19ClO. The first-order valence-electron chi connectivity index (χ1n) is 4.97. The lowest BCUT2D eigenvalue weighted by Gasteiger charge is -2.30. The molecule has 0 N–H and O–H groups in total. The molecule has 13 heavy (non-hydrogen) atoms. The summed E-state index contributed by atoms with van der Waals surface area (Å²) in [6.07, 6.45) is 5.51. The summed E-state index contributed by atoms with van der Waals surface area (Å²) >= 11 is 5.93. The first kappa shape index (κ1) is 11.1. The Morgan fingerprint density at radius 3 is 2.62 bits per heavy atom. The molecular weight excluding hydrogens is 184 g/mol. The molecule has 0 saturated carbocycles. The highest BCUT2D eigenvalue weighted by Crippen LogP contribution is 2.33. The first-order valence-corrected chi connectivity index (χ1v) is 5.51. The molecule has 1 rings (SSSR count). The largest absolute Gasteiger partial charge is 0.381 e. The zero-order valence-electron chi connectivity index (χ0n) is 8.39. The van der Waals surface area contributed by atoms with E-state index in [1.165, 1.54) is 12.8 Å². The number of hydrogen-bond acceptors (Lipinski definition) is 1. The van der Waals surface area contributed by atoms with Gasteiger partial charge in [-0.1, -0.05) is 13.0 Å². The maximum atomic E-state index is 5.93. The van der Waals surface area contributed by atoms with Gasteiger partial charge in [0.15, 0.2) is 0 Å². The van der Waals surface area contributed by atoms with Crippen LogP contribution in [0.3, 0.4) is 0 Å². The van der Waals surface area contributed by atoms with Crippen LogP contribution in [-0.2, 0) is 4.74 Å². The van der Waals surface area contributed by atoms with Crippen LogP contribution in [0.1, 0.15) is 26.2 Å². The van der Waals surface area contributed by atoms with Gasteiger partial charge in [0.25, 0.3) is 0 Å². The monoisotopic (exact) mass is 202 g/mol. The van der Waals surface area contributed by atoms with Crippen molar-refractivity contribution in [1.82, 2.24) is 0 Å². The van der Waals surface area contributed by atoms with Crippen LogP contribution in [0.25, 0.3) is 0 Å². The molecule has 1 unspecified atom stereocenters. The van der Waals surface area contributed by atoms with Gasteiger partial charge >= 0.3 is 0 Å². The van der Waals surface area contributed by atoms with Crippen LogP contribution >= 0.6 is 11.6 Å². The SMILES string of the molecule is C=CC(C)(CCl)CC1CCOCC1. The van der Waals surface area contributed by atoms with Crippen molar-refractivity contribution in [3.8, 4) is 0 Å². The Kier molecular flexibility index (Phi) is 4.27. The Morgan fingerprint density at radius 1 is 1.54 bits per heavy atom. The van der Waals surface area contributed by atoms with Crippen LogP contribution in [0.5, 0.6) is 0 Å². The summed E-state index contributed by atoms with van der Waals surface area (Å²) in [5.74, 6) is 1.45. The van der Waals surface area contributed by atoms with Gasteiger partial charge in [0, 0.05) is 19.1 Å². The molecule has 2 heteroatoms. The lowest BCUT2D eigenvalue weighted by atomic mass is 9.80. The lowest BCUT2D eigenvalue weighted by molar-refractivity contribution is 0.0560. The predicted molar refractivity (Wildman–Crippen MR) is 57.2 cm³/mol. The topological polar surface area (TPSA) is 9.23 Å². The maximum absolute atomic E-state index is 5.93. The van der Waals surface area contributed by atoms with Gasteiger partial charge in [-0.3, -0.25) is 0 Å². The van der Waals surface area contributed by atoms with Crippen molar-refractivity contribution in [3.05, 3.63) is 12.7 Å². The van der Waals surface area contributed by atoms with Crippen LogP contribution < -0.4 is 0 Å². The van der Waals surface area contributed by atoms with E-state index in [0.717, 1.165) is 25.6 Å². The molecule has 1 fully saturated rings. The van der Waals surface area contributed by atoms with Crippen LogP contribution in [0, 0.1) is 11.3 Å². The molecule has 0 aliphatic carbocycles. The van der Waals surface area contributed by atoms with Crippen molar-refractivity contribution in [2.45, 2.75) is 26.2 Å². The number of alkyl halides is 1. The minimum absolute atomic E-state index is 0.115. The number of hydrogen-bond donors (Lipinski definition) is 0. The minimum Gasteiger partial charge on any atom is -0.381 e. The van der Waals surface area contributed by atoms with Crippen molar-refractivity contribution in [1.29, 1.82) is 0 Å². The summed E-state index contributed by atoms with van der Waals surface area (Å²) in [6.45, 7) is 7.87. The Labute approximate surface area is 86.1 Å². The van der Waals surface area contributed by atoms with Crippen molar-refractivity contribution >= 4 is 11.6 Å². The Hall–Kier alpha value is -0.0100. The van der Waals surface area contributed by atoms with Gasteiger partial charge in [-0.25, -0.2) is 0 Å². The molecule has 0 amide bonds. The number of allylic oxidation sites excluding steroid dienone is 1. The van der Waals surface area contributed by atoms with Crippen LogP contribution in [0.15, 0.2) is 12.7 Å². The molecule has 76 valence electrons. The van der Waals surface area contributed by atoms with Gasteiger partial charge in [0.1, 0.15) is 0 Å². The van der Waals surface area contributed by atoms with Gasteiger partial charge in [-0.15, -0.1) is 18.2 Å². The van der Waals surface area contributed by atoms with Crippen molar-refractivity contribution in [3.63, 3.8) is 0 Å². The smallest absolute Gasteiger partial charge is 0.0468 e. The number of rotatable bonds is 4. The first-order chi connectivity index (χ1) is 6.20. The van der Waals surface area contributed by atoms with E-state index in [1.807, 2.05) is 6.08 Å². The molecule has 1 nitrogen and oxygen atoms in total. The van der Waals surface area contributed by atoms with E-state index >= 15 is 0 Å². The fourth-order valence-electron chi connectivity index (χ4n) is 1.80. The quantitative estimate of drug-likeness (QED) is 0.503. The number of halogens is 1. The molecule has 0 aromatic heterocycles. The van der Waals surface area contributed by atoms with E-state index in [2.05, 4.69) is 13.5 Å². The molecule has 0 aromatic rings. The summed E-state index contributed by atoms with van der Waals surface area (Å²) in [7, 11) is 0. The third-order valence-electron chi connectivity index (χ3n) is 2.89. The van der Waals surface area contributed by atoms with E-state index < -0.39 is 0 Å². The maximum Gasteiger partial charge on any atom is 0.0468 e. The summed E-state index contributed by atoms with van der Waals surface area (Å²) in [6, 6.07) is 0. The number of ether oxygens (including phenoxy) is 1. The molecule has 0 aromatic carbocycles. The average Bonchev–Trinajstić information content (AvgIpc) is 2.19. The standard InChI is InChI=1S/C11H19ClO/c1-3-11(2,9-12)8-10-4-6-13-7-5-10/h3,10H,1,4-9H2,2H3. The van der Waals surface area contributed by atoms with Gasteiger partial charge in [-0.05, 0) is 30.6 Å². The highest BCUT2D eigenvalue weighted by molar-refractivity contribution is 6.18. The van der Waals surface area contributed by atoms with Crippen molar-refractivity contribution in [2.75, 3.05) is 19.1 Å². The van der Waals surface area contributed by atoms with E-state index in [1.54, 1.807) is 0 Å². The van der Waals surface area contributed by atoms with Gasteiger partial charge in [-0.2, -0.15) is 0 Å². The summed E-state index contributed by atoms with van der Waals surface area (Å²) in [4.78, 5) is 0. The Balaban J connectivity index is 2.40. The fraction of sp³-hybridized carbons (Fsp3) is 0.818. The summed E-state index contributed by atoms with van der Waals surface area (Å²) < 4.78 is 5.32.